The predicted molar refractivity (Wildman–Crippen MR) is 130 cm³/mol. The Bertz CT molecular complexity index is 1350. The number of aromatic nitrogens is 4. The van der Waals surface area contributed by atoms with Crippen LogP contribution in [0.5, 0.6) is 0 Å². The molecule has 1 N–H and O–H groups in total. The molecule has 5 rings (SSSR count). The highest BCUT2D eigenvalue weighted by Crippen LogP contribution is 2.30. The maximum atomic E-state index is 14.0. The van der Waals surface area contributed by atoms with Gasteiger partial charge in [-0.2, -0.15) is 11.8 Å². The molecule has 35 heavy (non-hydrogen) atoms. The third-order valence-corrected chi connectivity index (χ3v) is 7.97. The van der Waals surface area contributed by atoms with Gasteiger partial charge in [0.25, 0.3) is 5.56 Å². The standard InChI is InChI=1S/C24H28FN5O4S/c1-14-10-19(34-28-14)12-21(31)27-16-2-4-17(5-3-16)30-23(32)20-11-15(25)13-26-22(20)29(24(30)33)18-6-8-35-9-7-18/h10-11,13,16-18H,2-9,12H2,1H3,(H,27,31)/t16-,17+. The Balaban J connectivity index is 1.37. The fraction of sp³-hybridized carbons (Fsp3) is 0.542. The van der Waals surface area contributed by atoms with Crippen LogP contribution in [-0.2, 0) is 11.2 Å². The van der Waals surface area contributed by atoms with E-state index in [1.807, 2.05) is 11.8 Å². The molecule has 186 valence electrons. The summed E-state index contributed by atoms with van der Waals surface area (Å²) < 4.78 is 22.1. The lowest BCUT2D eigenvalue weighted by Gasteiger charge is -2.31. The molecule has 0 bridgehead atoms. The summed E-state index contributed by atoms with van der Waals surface area (Å²) in [7, 11) is 0. The van der Waals surface area contributed by atoms with Crippen LogP contribution < -0.4 is 16.6 Å². The zero-order chi connectivity index (χ0) is 24.5. The molecular formula is C24H28FN5O4S. The van der Waals surface area contributed by atoms with Crippen molar-refractivity contribution < 1.29 is 13.7 Å². The molecule has 9 nitrogen and oxygen atoms in total. The van der Waals surface area contributed by atoms with Gasteiger partial charge in [0.1, 0.15) is 17.2 Å². The van der Waals surface area contributed by atoms with E-state index in [2.05, 4.69) is 15.5 Å². The predicted octanol–water partition coefficient (Wildman–Crippen LogP) is 2.90. The smallest absolute Gasteiger partial charge is 0.333 e. The van der Waals surface area contributed by atoms with Gasteiger partial charge in [0, 0.05) is 24.2 Å². The van der Waals surface area contributed by atoms with Crippen LogP contribution in [0.15, 0.2) is 32.4 Å². The monoisotopic (exact) mass is 501 g/mol. The number of pyridine rings is 1. The van der Waals surface area contributed by atoms with Crippen molar-refractivity contribution in [1.29, 1.82) is 0 Å². The van der Waals surface area contributed by atoms with Crippen molar-refractivity contribution in [2.75, 3.05) is 11.5 Å². The largest absolute Gasteiger partial charge is 0.361 e. The van der Waals surface area contributed by atoms with E-state index in [4.69, 9.17) is 4.52 Å². The molecule has 4 heterocycles. The number of rotatable bonds is 5. The van der Waals surface area contributed by atoms with Gasteiger partial charge in [-0.3, -0.25) is 18.7 Å². The minimum absolute atomic E-state index is 0.0457. The summed E-state index contributed by atoms with van der Waals surface area (Å²) in [6, 6.07) is 2.50. The number of thioether (sulfide) groups is 1. The summed E-state index contributed by atoms with van der Waals surface area (Å²) in [4.78, 5) is 43.6. The Labute approximate surface area is 205 Å². The van der Waals surface area contributed by atoms with Crippen molar-refractivity contribution in [3.63, 3.8) is 0 Å². The van der Waals surface area contributed by atoms with E-state index < -0.39 is 11.4 Å². The molecule has 0 spiro atoms. The van der Waals surface area contributed by atoms with Gasteiger partial charge in [-0.05, 0) is 63.0 Å². The Hall–Kier alpha value is -2.95. The highest BCUT2D eigenvalue weighted by Gasteiger charge is 2.29. The molecule has 0 radical (unpaired) electrons. The van der Waals surface area contributed by atoms with Crippen molar-refractivity contribution >= 4 is 28.7 Å². The van der Waals surface area contributed by atoms with E-state index >= 15 is 0 Å². The molecule has 0 atom stereocenters. The van der Waals surface area contributed by atoms with E-state index in [-0.39, 0.29) is 47.2 Å². The SMILES string of the molecule is Cc1cc(CC(=O)N[C@H]2CC[C@@H](n3c(=O)c4cc(F)cnc4n(C4CCSCC4)c3=O)CC2)on1. The van der Waals surface area contributed by atoms with Crippen LogP contribution in [0.1, 0.15) is 62.1 Å². The van der Waals surface area contributed by atoms with Gasteiger partial charge in [0.05, 0.1) is 23.7 Å². The van der Waals surface area contributed by atoms with Gasteiger partial charge in [-0.25, -0.2) is 14.2 Å². The summed E-state index contributed by atoms with van der Waals surface area (Å²) >= 11 is 1.84. The van der Waals surface area contributed by atoms with Gasteiger partial charge < -0.3 is 9.84 Å². The first kappa shape index (κ1) is 23.8. The lowest BCUT2D eigenvalue weighted by Crippen LogP contribution is -2.46. The van der Waals surface area contributed by atoms with Crippen molar-refractivity contribution in [2.45, 2.75) is 70.0 Å². The zero-order valence-corrected chi connectivity index (χ0v) is 20.4. The number of hydrogen-bond acceptors (Lipinski definition) is 7. The molecule has 2 fully saturated rings. The molecule has 0 unspecified atom stereocenters. The average molecular weight is 502 g/mol. The van der Waals surface area contributed by atoms with Gasteiger partial charge in [-0.15, -0.1) is 0 Å². The fourth-order valence-electron chi connectivity index (χ4n) is 5.21. The first-order valence-corrected chi connectivity index (χ1v) is 13.2. The number of aryl methyl sites for hydroxylation is 1. The molecule has 3 aromatic heterocycles. The topological polar surface area (TPSA) is 112 Å². The normalized spacial score (nSPS) is 21.3. The number of carbonyl (C=O) groups excluding carboxylic acids is 1. The Morgan fingerprint density at radius 1 is 1.11 bits per heavy atom. The molecule has 11 heteroatoms. The maximum absolute atomic E-state index is 14.0. The molecule has 3 aromatic rings. The van der Waals surface area contributed by atoms with Crippen molar-refractivity contribution in [1.82, 2.24) is 24.6 Å². The lowest BCUT2D eigenvalue weighted by molar-refractivity contribution is -0.121. The minimum atomic E-state index is -0.598. The molecule has 1 saturated heterocycles. The Kier molecular flexibility index (Phi) is 6.77. The van der Waals surface area contributed by atoms with E-state index in [1.165, 1.54) is 10.6 Å². The van der Waals surface area contributed by atoms with Crippen LogP contribution in [-0.4, -0.2) is 42.7 Å². The number of amides is 1. The van der Waals surface area contributed by atoms with E-state index in [0.717, 1.165) is 36.2 Å². The number of halogens is 1. The number of hydrogen-bond donors (Lipinski definition) is 1. The number of nitrogens with zero attached hydrogens (tertiary/aromatic N) is 4. The Morgan fingerprint density at radius 2 is 1.83 bits per heavy atom. The highest BCUT2D eigenvalue weighted by atomic mass is 32.2. The summed E-state index contributed by atoms with van der Waals surface area (Å²) in [5, 5.41) is 6.95. The van der Waals surface area contributed by atoms with Gasteiger partial charge in [0.2, 0.25) is 5.91 Å². The zero-order valence-electron chi connectivity index (χ0n) is 19.5. The lowest BCUT2D eigenvalue weighted by atomic mass is 9.90. The second-order valence-electron chi connectivity index (χ2n) is 9.38. The summed E-state index contributed by atoms with van der Waals surface area (Å²) in [6.07, 6.45) is 5.20. The Morgan fingerprint density at radius 3 is 2.51 bits per heavy atom. The second-order valence-corrected chi connectivity index (χ2v) is 10.6. The van der Waals surface area contributed by atoms with Gasteiger partial charge in [-0.1, -0.05) is 5.16 Å². The van der Waals surface area contributed by atoms with Gasteiger partial charge >= 0.3 is 5.69 Å². The summed E-state index contributed by atoms with van der Waals surface area (Å²) in [6.45, 7) is 1.80. The van der Waals surface area contributed by atoms with Crippen molar-refractivity contribution in [3.05, 3.63) is 56.4 Å². The molecule has 2 aliphatic rings. The van der Waals surface area contributed by atoms with E-state index in [0.29, 0.717) is 31.4 Å². The van der Waals surface area contributed by atoms with E-state index in [1.54, 1.807) is 17.6 Å². The third kappa shape index (κ3) is 4.91. The number of fused-ring (bicyclic) bond motifs is 1. The fourth-order valence-corrected chi connectivity index (χ4v) is 6.30. The van der Waals surface area contributed by atoms with E-state index in [9.17, 15) is 18.8 Å². The van der Waals surface area contributed by atoms with Crippen molar-refractivity contribution in [3.8, 4) is 0 Å². The second kappa shape index (κ2) is 9.96. The van der Waals surface area contributed by atoms with Crippen LogP contribution in [0.4, 0.5) is 4.39 Å². The van der Waals surface area contributed by atoms with Crippen LogP contribution >= 0.6 is 11.8 Å². The number of nitrogens with one attached hydrogen (secondary N) is 1. The molecule has 1 saturated carbocycles. The first-order valence-electron chi connectivity index (χ1n) is 12.0. The molecule has 1 aliphatic carbocycles. The maximum Gasteiger partial charge on any atom is 0.333 e. The van der Waals surface area contributed by atoms with Crippen LogP contribution in [0.25, 0.3) is 11.0 Å². The van der Waals surface area contributed by atoms with Crippen LogP contribution in [0.2, 0.25) is 0 Å². The highest BCUT2D eigenvalue weighted by molar-refractivity contribution is 7.99. The summed E-state index contributed by atoms with van der Waals surface area (Å²) in [5.41, 5.74) is 0.123. The molecular weight excluding hydrogens is 473 g/mol. The quantitative estimate of drug-likeness (QED) is 0.572. The molecule has 1 amide bonds. The van der Waals surface area contributed by atoms with Crippen LogP contribution in [0.3, 0.4) is 0 Å². The molecule has 0 aromatic carbocycles. The number of carbonyl (C=O) groups is 1. The van der Waals surface area contributed by atoms with Gasteiger partial charge in [0.15, 0.2) is 0 Å². The first-order chi connectivity index (χ1) is 16.9. The van der Waals surface area contributed by atoms with Crippen LogP contribution in [0, 0.1) is 12.7 Å². The average Bonchev–Trinajstić information content (AvgIpc) is 3.25. The minimum Gasteiger partial charge on any atom is -0.361 e. The molecule has 1 aliphatic heterocycles. The third-order valence-electron chi connectivity index (χ3n) is 6.92. The summed E-state index contributed by atoms with van der Waals surface area (Å²) in [5.74, 6) is 1.62. The van der Waals surface area contributed by atoms with Crippen molar-refractivity contribution in [2.24, 2.45) is 0 Å².